The number of likely N-dealkylation sites (tertiary alicyclic amines) is 1. The number of aromatic nitrogens is 1. The van der Waals surface area contributed by atoms with Crippen molar-refractivity contribution < 1.29 is 9.21 Å². The van der Waals surface area contributed by atoms with Gasteiger partial charge in [-0.25, -0.2) is 0 Å². The van der Waals surface area contributed by atoms with Gasteiger partial charge >= 0.3 is 0 Å². The average Bonchev–Trinajstić information content (AvgIpc) is 3.42. The molecule has 0 atom stereocenters. The van der Waals surface area contributed by atoms with Crippen LogP contribution in [0.4, 0.5) is 0 Å². The van der Waals surface area contributed by atoms with Crippen LogP contribution in [0.2, 0.25) is 0 Å². The average molecular weight is 417 g/mol. The van der Waals surface area contributed by atoms with Crippen molar-refractivity contribution in [2.24, 2.45) is 5.92 Å². The van der Waals surface area contributed by atoms with Crippen molar-refractivity contribution >= 4 is 5.91 Å². The van der Waals surface area contributed by atoms with Crippen molar-refractivity contribution in [3.8, 4) is 12.0 Å². The normalized spacial score (nSPS) is 15.0. The quantitative estimate of drug-likeness (QED) is 0.654. The fourth-order valence-corrected chi connectivity index (χ4v) is 4.18. The van der Waals surface area contributed by atoms with E-state index in [1.54, 1.807) is 23.9 Å². The monoisotopic (exact) mass is 416 g/mol. The van der Waals surface area contributed by atoms with Gasteiger partial charge in [-0.05, 0) is 63.4 Å². The summed E-state index contributed by atoms with van der Waals surface area (Å²) in [5.41, 5.74) is 3.24. The van der Waals surface area contributed by atoms with Gasteiger partial charge in [-0.15, -0.1) is 0 Å². The van der Waals surface area contributed by atoms with Crippen molar-refractivity contribution in [3.63, 3.8) is 0 Å². The largest absolute Gasteiger partial charge is 0.443 e. The molecule has 3 heterocycles. The zero-order valence-electron chi connectivity index (χ0n) is 18.1. The molecule has 1 aliphatic rings. The van der Waals surface area contributed by atoms with Crippen LogP contribution in [0.5, 0.6) is 0 Å². The molecule has 160 valence electrons. The van der Waals surface area contributed by atoms with Gasteiger partial charge in [0.1, 0.15) is 23.0 Å². The zero-order valence-corrected chi connectivity index (χ0v) is 18.1. The van der Waals surface area contributed by atoms with Crippen molar-refractivity contribution in [1.29, 1.82) is 5.26 Å². The molecule has 1 aliphatic heterocycles. The maximum Gasteiger partial charge on any atom is 0.256 e. The first-order chi connectivity index (χ1) is 15.0. The van der Waals surface area contributed by atoms with E-state index in [0.717, 1.165) is 32.5 Å². The van der Waals surface area contributed by atoms with Crippen LogP contribution in [0.1, 0.15) is 45.7 Å². The number of amides is 1. The number of nitriles is 1. The maximum absolute atomic E-state index is 12.9. The number of aryl methyl sites for hydroxylation is 2. The Labute approximate surface area is 183 Å². The summed E-state index contributed by atoms with van der Waals surface area (Å²) < 4.78 is 7.46. The number of nitrogens with one attached hydrogen (secondary N) is 1. The van der Waals surface area contributed by atoms with E-state index < -0.39 is 0 Å². The number of benzene rings is 1. The summed E-state index contributed by atoms with van der Waals surface area (Å²) in [7, 11) is 0. The van der Waals surface area contributed by atoms with E-state index in [1.807, 2.05) is 12.1 Å². The number of carbonyl (C=O) groups is 1. The molecular weight excluding hydrogens is 388 g/mol. The fraction of sp³-hybridized carbons (Fsp3) is 0.360. The summed E-state index contributed by atoms with van der Waals surface area (Å²) in [4.78, 5) is 15.3. The minimum absolute atomic E-state index is 0.238. The molecule has 1 amide bonds. The van der Waals surface area contributed by atoms with E-state index in [4.69, 9.17) is 4.42 Å². The van der Waals surface area contributed by atoms with Crippen LogP contribution in [0.25, 0.3) is 5.88 Å². The lowest BCUT2D eigenvalue weighted by molar-refractivity contribution is 0.0933. The van der Waals surface area contributed by atoms with Crippen LogP contribution in [0.15, 0.2) is 53.2 Å². The predicted octanol–water partition coefficient (Wildman–Crippen LogP) is 4.20. The minimum atomic E-state index is -0.238. The molecular formula is C25H28N4O2. The standard InChI is InChI=1S/C25H28N4O2/c1-18-5-7-21(8-6-18)17-28-13-9-20(10-14-28)16-27-24(30)23-19(2)31-25(22(23)15-26)29-11-3-4-12-29/h3-8,11-12,20H,9-10,13-14,16-17H2,1-2H3,(H,27,30). The van der Waals surface area contributed by atoms with Gasteiger partial charge < -0.3 is 9.73 Å². The summed E-state index contributed by atoms with van der Waals surface area (Å²) in [6.07, 6.45) is 5.70. The molecule has 0 spiro atoms. The Bertz CT molecular complexity index is 1070. The first kappa shape index (κ1) is 21.0. The van der Waals surface area contributed by atoms with Crippen molar-refractivity contribution in [3.05, 3.63) is 76.8 Å². The number of hydrogen-bond donors (Lipinski definition) is 1. The fourth-order valence-electron chi connectivity index (χ4n) is 4.18. The smallest absolute Gasteiger partial charge is 0.256 e. The molecule has 6 nitrogen and oxygen atoms in total. The van der Waals surface area contributed by atoms with Gasteiger partial charge in [-0.1, -0.05) is 29.8 Å². The van der Waals surface area contributed by atoms with Gasteiger partial charge in [0.15, 0.2) is 0 Å². The highest BCUT2D eigenvalue weighted by Gasteiger charge is 2.26. The van der Waals surface area contributed by atoms with Crippen molar-refractivity contribution in [1.82, 2.24) is 14.8 Å². The lowest BCUT2D eigenvalue weighted by Crippen LogP contribution is -2.38. The Hall–Kier alpha value is -3.30. The molecule has 1 saturated heterocycles. The van der Waals surface area contributed by atoms with Gasteiger partial charge in [-0.3, -0.25) is 14.3 Å². The van der Waals surface area contributed by atoms with E-state index in [1.165, 1.54) is 11.1 Å². The number of hydrogen-bond acceptors (Lipinski definition) is 4. The predicted molar refractivity (Wildman–Crippen MR) is 119 cm³/mol. The number of furan rings is 1. The second-order valence-corrected chi connectivity index (χ2v) is 8.33. The van der Waals surface area contributed by atoms with E-state index in [-0.39, 0.29) is 11.5 Å². The Morgan fingerprint density at radius 2 is 1.84 bits per heavy atom. The highest BCUT2D eigenvalue weighted by molar-refractivity contribution is 5.98. The van der Waals surface area contributed by atoms with E-state index in [0.29, 0.717) is 29.7 Å². The molecule has 0 bridgehead atoms. The molecule has 3 aromatic rings. The molecule has 1 aromatic carbocycles. The van der Waals surface area contributed by atoms with E-state index in [9.17, 15) is 10.1 Å². The van der Waals surface area contributed by atoms with Crippen LogP contribution < -0.4 is 5.32 Å². The van der Waals surface area contributed by atoms with Gasteiger partial charge in [-0.2, -0.15) is 5.26 Å². The third-order valence-electron chi connectivity index (χ3n) is 6.03. The zero-order chi connectivity index (χ0) is 21.8. The van der Waals surface area contributed by atoms with Gasteiger partial charge in [0, 0.05) is 25.5 Å². The molecule has 6 heteroatoms. The van der Waals surface area contributed by atoms with E-state index in [2.05, 4.69) is 47.5 Å². The van der Waals surface area contributed by atoms with E-state index >= 15 is 0 Å². The van der Waals surface area contributed by atoms with Crippen molar-refractivity contribution in [2.45, 2.75) is 33.2 Å². The van der Waals surface area contributed by atoms with Crippen LogP contribution in [-0.2, 0) is 6.54 Å². The third-order valence-corrected chi connectivity index (χ3v) is 6.03. The number of carbonyl (C=O) groups excluding carboxylic acids is 1. The van der Waals surface area contributed by atoms with Crippen LogP contribution in [0, 0.1) is 31.1 Å². The molecule has 4 rings (SSSR count). The molecule has 1 N–H and O–H groups in total. The summed E-state index contributed by atoms with van der Waals surface area (Å²) in [5, 5.41) is 12.7. The molecule has 31 heavy (non-hydrogen) atoms. The molecule has 2 aromatic heterocycles. The van der Waals surface area contributed by atoms with Crippen LogP contribution >= 0.6 is 0 Å². The SMILES string of the molecule is Cc1ccc(CN2CCC(CNC(=O)c3c(C)oc(-n4cccc4)c3C#N)CC2)cc1. The van der Waals surface area contributed by atoms with Gasteiger partial charge in [0.2, 0.25) is 5.88 Å². The minimum Gasteiger partial charge on any atom is -0.443 e. The second-order valence-electron chi connectivity index (χ2n) is 8.33. The summed E-state index contributed by atoms with van der Waals surface area (Å²) in [6, 6.07) is 14.6. The lowest BCUT2D eigenvalue weighted by atomic mass is 9.96. The maximum atomic E-state index is 12.9. The summed E-state index contributed by atoms with van der Waals surface area (Å²) >= 11 is 0. The topological polar surface area (TPSA) is 74.2 Å². The Morgan fingerprint density at radius 1 is 1.16 bits per heavy atom. The molecule has 0 saturated carbocycles. The Kier molecular flexibility index (Phi) is 6.24. The molecule has 0 aliphatic carbocycles. The number of nitrogens with zero attached hydrogens (tertiary/aromatic N) is 3. The third kappa shape index (κ3) is 4.73. The summed E-state index contributed by atoms with van der Waals surface area (Å²) in [5.74, 6) is 1.06. The Balaban J connectivity index is 1.32. The molecule has 0 unspecified atom stereocenters. The molecule has 0 radical (unpaired) electrons. The number of piperidine rings is 1. The first-order valence-electron chi connectivity index (χ1n) is 10.8. The van der Waals surface area contributed by atoms with Gasteiger partial charge in [0.05, 0.1) is 0 Å². The summed E-state index contributed by atoms with van der Waals surface area (Å²) in [6.45, 7) is 7.48. The highest BCUT2D eigenvalue weighted by atomic mass is 16.4. The van der Waals surface area contributed by atoms with Crippen molar-refractivity contribution in [2.75, 3.05) is 19.6 Å². The lowest BCUT2D eigenvalue weighted by Gasteiger charge is -2.32. The molecule has 1 fully saturated rings. The van der Waals surface area contributed by atoms with Gasteiger partial charge in [0.25, 0.3) is 5.91 Å². The highest BCUT2D eigenvalue weighted by Crippen LogP contribution is 2.26. The first-order valence-corrected chi connectivity index (χ1v) is 10.8. The second kappa shape index (κ2) is 9.23. The van der Waals surface area contributed by atoms with Crippen LogP contribution in [-0.4, -0.2) is 35.0 Å². The van der Waals surface area contributed by atoms with Crippen LogP contribution in [0.3, 0.4) is 0 Å². The Morgan fingerprint density at radius 3 is 2.48 bits per heavy atom. The number of rotatable bonds is 6.